The van der Waals surface area contributed by atoms with E-state index >= 15 is 0 Å². The number of hydrogen-bond donors (Lipinski definition) is 3. The van der Waals surface area contributed by atoms with Crippen LogP contribution < -0.4 is 5.32 Å². The van der Waals surface area contributed by atoms with Crippen LogP contribution >= 0.6 is 0 Å². The fraction of sp³-hybridized carbons (Fsp3) is 0.923. The number of carbonyl (C=O) groups is 1. The molecule has 0 bridgehead atoms. The molecule has 0 saturated heterocycles. The SMILES string of the molecule is CCC1CCC(O)(CNCC(C(=O)O)C(F)(F)F)CC1. The van der Waals surface area contributed by atoms with E-state index in [0.29, 0.717) is 18.8 Å². The van der Waals surface area contributed by atoms with E-state index in [4.69, 9.17) is 5.11 Å². The summed E-state index contributed by atoms with van der Waals surface area (Å²) < 4.78 is 37.3. The molecule has 0 radical (unpaired) electrons. The topological polar surface area (TPSA) is 69.6 Å². The van der Waals surface area contributed by atoms with Crippen LogP contribution in [0.5, 0.6) is 0 Å². The quantitative estimate of drug-likeness (QED) is 0.703. The van der Waals surface area contributed by atoms with Gasteiger partial charge in [-0.2, -0.15) is 13.2 Å². The Hall–Kier alpha value is -0.820. The fourth-order valence-electron chi connectivity index (χ4n) is 2.59. The predicted molar refractivity (Wildman–Crippen MR) is 67.2 cm³/mol. The van der Waals surface area contributed by atoms with Crippen LogP contribution in [0.4, 0.5) is 13.2 Å². The van der Waals surface area contributed by atoms with Gasteiger partial charge in [0.1, 0.15) is 0 Å². The number of carboxylic acid groups (broad SMARTS) is 1. The Bertz CT molecular complexity index is 325. The highest BCUT2D eigenvalue weighted by Crippen LogP contribution is 2.33. The maximum atomic E-state index is 12.4. The molecule has 0 spiro atoms. The van der Waals surface area contributed by atoms with Gasteiger partial charge in [-0.15, -0.1) is 0 Å². The van der Waals surface area contributed by atoms with E-state index in [1.807, 2.05) is 0 Å². The average Bonchev–Trinajstić information content (AvgIpc) is 2.33. The van der Waals surface area contributed by atoms with Gasteiger partial charge >= 0.3 is 12.1 Å². The zero-order valence-corrected chi connectivity index (χ0v) is 11.5. The lowest BCUT2D eigenvalue weighted by Gasteiger charge is -2.36. The van der Waals surface area contributed by atoms with Crippen molar-refractivity contribution in [2.24, 2.45) is 11.8 Å². The van der Waals surface area contributed by atoms with E-state index in [1.165, 1.54) is 0 Å². The minimum atomic E-state index is -4.78. The van der Waals surface area contributed by atoms with Crippen LogP contribution in [-0.2, 0) is 4.79 Å². The summed E-state index contributed by atoms with van der Waals surface area (Å²) in [5.41, 5.74) is -1.01. The molecule has 1 fully saturated rings. The second kappa shape index (κ2) is 6.76. The van der Waals surface area contributed by atoms with Gasteiger partial charge in [0.05, 0.1) is 5.60 Å². The third kappa shape index (κ3) is 4.94. The summed E-state index contributed by atoms with van der Waals surface area (Å²) in [6.07, 6.45) is -0.933. The summed E-state index contributed by atoms with van der Waals surface area (Å²) in [4.78, 5) is 10.6. The number of aliphatic hydroxyl groups is 1. The van der Waals surface area contributed by atoms with E-state index < -0.39 is 30.2 Å². The van der Waals surface area contributed by atoms with E-state index in [0.717, 1.165) is 19.3 Å². The van der Waals surface area contributed by atoms with Crippen molar-refractivity contribution in [3.63, 3.8) is 0 Å². The molecular formula is C13H22F3NO3. The van der Waals surface area contributed by atoms with Gasteiger partial charge in [-0.3, -0.25) is 4.79 Å². The van der Waals surface area contributed by atoms with Crippen molar-refractivity contribution in [1.29, 1.82) is 0 Å². The van der Waals surface area contributed by atoms with Gasteiger partial charge in [0.2, 0.25) is 0 Å². The van der Waals surface area contributed by atoms with Crippen molar-refractivity contribution >= 4 is 5.97 Å². The van der Waals surface area contributed by atoms with E-state index in [1.54, 1.807) is 0 Å². The number of hydrogen-bond acceptors (Lipinski definition) is 3. The van der Waals surface area contributed by atoms with Crippen molar-refractivity contribution in [1.82, 2.24) is 5.32 Å². The molecule has 1 unspecified atom stereocenters. The Morgan fingerprint density at radius 3 is 2.35 bits per heavy atom. The Kier molecular flexibility index (Phi) is 5.82. The van der Waals surface area contributed by atoms with E-state index in [2.05, 4.69) is 12.2 Å². The Morgan fingerprint density at radius 2 is 1.95 bits per heavy atom. The van der Waals surface area contributed by atoms with Crippen molar-refractivity contribution in [2.45, 2.75) is 50.8 Å². The van der Waals surface area contributed by atoms with Crippen molar-refractivity contribution in [3.8, 4) is 0 Å². The lowest BCUT2D eigenvalue weighted by atomic mass is 9.78. The number of nitrogens with one attached hydrogen (secondary N) is 1. The largest absolute Gasteiger partial charge is 0.481 e. The molecule has 1 saturated carbocycles. The Labute approximate surface area is 116 Å². The number of aliphatic carboxylic acids is 1. The highest BCUT2D eigenvalue weighted by atomic mass is 19.4. The van der Waals surface area contributed by atoms with Crippen LogP contribution in [0.15, 0.2) is 0 Å². The highest BCUT2D eigenvalue weighted by Gasteiger charge is 2.45. The third-order valence-corrected chi connectivity index (χ3v) is 4.11. The molecule has 0 heterocycles. The lowest BCUT2D eigenvalue weighted by Crippen LogP contribution is -2.47. The number of carboxylic acids is 1. The molecule has 3 N–H and O–H groups in total. The summed E-state index contributed by atoms with van der Waals surface area (Å²) in [7, 11) is 0. The third-order valence-electron chi connectivity index (χ3n) is 4.11. The molecule has 0 aromatic carbocycles. The van der Waals surface area contributed by atoms with Gasteiger partial charge in [0.15, 0.2) is 5.92 Å². The molecule has 1 rings (SSSR count). The molecule has 0 aliphatic heterocycles. The summed E-state index contributed by atoms with van der Waals surface area (Å²) in [5, 5.41) is 21.3. The summed E-state index contributed by atoms with van der Waals surface area (Å²) in [6.45, 7) is 1.37. The second-order valence-corrected chi connectivity index (χ2v) is 5.64. The molecule has 118 valence electrons. The zero-order chi connectivity index (χ0) is 15.4. The zero-order valence-electron chi connectivity index (χ0n) is 11.5. The normalized spacial score (nSPS) is 29.1. The maximum absolute atomic E-state index is 12.4. The predicted octanol–water partition coefficient (Wildman–Crippen LogP) is 2.17. The monoisotopic (exact) mass is 297 g/mol. The van der Waals surface area contributed by atoms with E-state index in [9.17, 15) is 23.1 Å². The number of halogens is 3. The fourth-order valence-corrected chi connectivity index (χ4v) is 2.59. The van der Waals surface area contributed by atoms with Gasteiger partial charge in [0, 0.05) is 13.1 Å². The first-order valence-corrected chi connectivity index (χ1v) is 6.90. The van der Waals surface area contributed by atoms with Crippen LogP contribution in [-0.4, -0.2) is 41.0 Å². The first-order valence-electron chi connectivity index (χ1n) is 6.90. The molecule has 20 heavy (non-hydrogen) atoms. The van der Waals surface area contributed by atoms with E-state index in [-0.39, 0.29) is 6.54 Å². The standard InChI is InChI=1S/C13H22F3NO3/c1-2-9-3-5-12(20,6-4-9)8-17-7-10(11(18)19)13(14,15)16/h9-10,17,20H,2-8H2,1H3,(H,18,19). The molecule has 0 aromatic rings. The molecule has 7 heteroatoms. The van der Waals surface area contributed by atoms with Crippen LogP contribution in [0.25, 0.3) is 0 Å². The van der Waals surface area contributed by atoms with Gasteiger partial charge in [-0.05, 0) is 31.6 Å². The lowest BCUT2D eigenvalue weighted by molar-refractivity contribution is -0.192. The minimum Gasteiger partial charge on any atom is -0.481 e. The summed E-state index contributed by atoms with van der Waals surface area (Å²) in [6, 6.07) is 0. The van der Waals surface area contributed by atoms with Gasteiger partial charge in [0.25, 0.3) is 0 Å². The van der Waals surface area contributed by atoms with Crippen LogP contribution in [0.1, 0.15) is 39.0 Å². The molecule has 4 nitrogen and oxygen atoms in total. The number of rotatable bonds is 6. The van der Waals surface area contributed by atoms with Gasteiger partial charge in [-0.25, -0.2) is 0 Å². The summed E-state index contributed by atoms with van der Waals surface area (Å²) in [5.74, 6) is -3.76. The van der Waals surface area contributed by atoms with Crippen molar-refractivity contribution < 1.29 is 28.2 Å². The van der Waals surface area contributed by atoms with Crippen molar-refractivity contribution in [2.75, 3.05) is 13.1 Å². The highest BCUT2D eigenvalue weighted by molar-refractivity contribution is 5.71. The first-order chi connectivity index (χ1) is 9.18. The van der Waals surface area contributed by atoms with Gasteiger partial charge in [-0.1, -0.05) is 13.3 Å². The maximum Gasteiger partial charge on any atom is 0.403 e. The Morgan fingerprint density at radius 1 is 1.40 bits per heavy atom. The average molecular weight is 297 g/mol. The number of alkyl halides is 3. The smallest absolute Gasteiger partial charge is 0.403 e. The molecule has 1 atom stereocenters. The molecule has 1 aliphatic rings. The molecule has 0 aromatic heterocycles. The van der Waals surface area contributed by atoms with Crippen LogP contribution in [0, 0.1) is 11.8 Å². The molecule has 1 aliphatic carbocycles. The van der Waals surface area contributed by atoms with Crippen molar-refractivity contribution in [3.05, 3.63) is 0 Å². The Balaban J connectivity index is 2.41. The van der Waals surface area contributed by atoms with Gasteiger partial charge < -0.3 is 15.5 Å². The minimum absolute atomic E-state index is 0.00327. The summed E-state index contributed by atoms with van der Waals surface area (Å²) >= 11 is 0. The first kappa shape index (κ1) is 17.2. The van der Waals surface area contributed by atoms with Crippen LogP contribution in [0.2, 0.25) is 0 Å². The second-order valence-electron chi connectivity index (χ2n) is 5.64. The molecular weight excluding hydrogens is 275 g/mol. The molecule has 0 amide bonds. The van der Waals surface area contributed by atoms with Crippen LogP contribution in [0.3, 0.4) is 0 Å².